The van der Waals surface area contributed by atoms with Gasteiger partial charge < -0.3 is 9.72 Å². The van der Waals surface area contributed by atoms with E-state index in [0.717, 1.165) is 6.07 Å². The van der Waals surface area contributed by atoms with Gasteiger partial charge in [0.1, 0.15) is 11.4 Å². The van der Waals surface area contributed by atoms with Gasteiger partial charge in [-0.1, -0.05) is 0 Å². The van der Waals surface area contributed by atoms with Gasteiger partial charge in [-0.15, -0.1) is 0 Å². The Morgan fingerprint density at radius 2 is 2.06 bits per heavy atom. The molecule has 0 aliphatic rings. The summed E-state index contributed by atoms with van der Waals surface area (Å²) in [5.41, 5.74) is -2.70. The van der Waals surface area contributed by atoms with Crippen LogP contribution in [0.3, 0.4) is 0 Å². The Bertz CT molecular complexity index is 450. The lowest BCUT2D eigenvalue weighted by Gasteiger charge is -2.08. The number of halogens is 3. The normalized spacial score (nSPS) is 11.2. The van der Waals surface area contributed by atoms with Crippen molar-refractivity contribution < 1.29 is 22.7 Å². The molecule has 0 bridgehead atoms. The molecule has 4 nitrogen and oxygen atoms in total. The van der Waals surface area contributed by atoms with Crippen molar-refractivity contribution in [3.05, 3.63) is 33.7 Å². The largest absolute Gasteiger partial charge is 0.461 e. The molecule has 1 aromatic heterocycles. The van der Waals surface area contributed by atoms with Crippen LogP contribution >= 0.6 is 0 Å². The van der Waals surface area contributed by atoms with Crippen LogP contribution in [0.15, 0.2) is 16.9 Å². The van der Waals surface area contributed by atoms with Gasteiger partial charge in [0.15, 0.2) is 5.43 Å². The van der Waals surface area contributed by atoms with Gasteiger partial charge in [-0.25, -0.2) is 4.79 Å². The summed E-state index contributed by atoms with van der Waals surface area (Å²) < 4.78 is 41.3. The van der Waals surface area contributed by atoms with Gasteiger partial charge >= 0.3 is 12.1 Å². The highest BCUT2D eigenvalue weighted by Crippen LogP contribution is 2.26. The Kier molecular flexibility index (Phi) is 3.36. The molecular weight excluding hydrogens is 227 g/mol. The summed E-state index contributed by atoms with van der Waals surface area (Å²) in [6, 6.07) is 1.13. The molecule has 0 saturated carbocycles. The maximum Gasteiger partial charge on any atom is 0.431 e. The quantitative estimate of drug-likeness (QED) is 0.791. The van der Waals surface area contributed by atoms with Crippen LogP contribution in [0.2, 0.25) is 0 Å². The van der Waals surface area contributed by atoms with Crippen molar-refractivity contribution in [1.29, 1.82) is 0 Å². The predicted octanol–water partition coefficient (Wildman–Crippen LogP) is 1.57. The number of nitrogens with one attached hydrogen (secondary N) is 1. The minimum atomic E-state index is -4.71. The van der Waals surface area contributed by atoms with Gasteiger partial charge in [0, 0.05) is 12.1 Å². The summed E-state index contributed by atoms with van der Waals surface area (Å²) in [7, 11) is 0. The number of rotatable bonds is 2. The summed E-state index contributed by atoms with van der Waals surface area (Å²) in [4.78, 5) is 23.9. The first-order chi connectivity index (χ1) is 7.34. The van der Waals surface area contributed by atoms with Crippen molar-refractivity contribution in [2.24, 2.45) is 0 Å². The maximum absolute atomic E-state index is 12.3. The van der Waals surface area contributed by atoms with E-state index in [4.69, 9.17) is 0 Å². The molecule has 1 N–H and O–H groups in total. The van der Waals surface area contributed by atoms with Gasteiger partial charge in [0.2, 0.25) is 0 Å². The molecule has 16 heavy (non-hydrogen) atoms. The first-order valence-electron chi connectivity index (χ1n) is 4.33. The standard InChI is InChI=1S/C9H8F3NO3/c1-2-16-8(15)6-3-5(14)4-7(13-6)9(10,11)12/h3-4H,2H2,1H3,(H,13,14). The summed E-state index contributed by atoms with van der Waals surface area (Å²) in [6.45, 7) is 1.51. The lowest BCUT2D eigenvalue weighted by molar-refractivity contribution is -0.141. The fourth-order valence-corrected chi connectivity index (χ4v) is 1.01. The van der Waals surface area contributed by atoms with Crippen LogP contribution in [0.4, 0.5) is 13.2 Å². The van der Waals surface area contributed by atoms with E-state index in [1.165, 1.54) is 6.92 Å². The predicted molar refractivity (Wildman–Crippen MR) is 48.0 cm³/mol. The van der Waals surface area contributed by atoms with Crippen molar-refractivity contribution in [2.45, 2.75) is 13.1 Å². The number of esters is 1. The molecule has 1 aromatic rings. The van der Waals surface area contributed by atoms with Crippen LogP contribution in [0.1, 0.15) is 23.1 Å². The molecule has 0 aliphatic heterocycles. The van der Waals surface area contributed by atoms with Gasteiger partial charge in [-0.2, -0.15) is 13.2 Å². The molecule has 0 radical (unpaired) electrons. The third-order valence-corrected chi connectivity index (χ3v) is 1.64. The molecule has 0 amide bonds. The Hall–Kier alpha value is -1.79. The Balaban J connectivity index is 3.18. The number of aromatic amines is 1. The molecule has 0 spiro atoms. The van der Waals surface area contributed by atoms with Crippen molar-refractivity contribution >= 4 is 5.97 Å². The Morgan fingerprint density at radius 3 is 2.56 bits per heavy atom. The van der Waals surface area contributed by atoms with E-state index in [9.17, 15) is 22.8 Å². The molecule has 88 valence electrons. The van der Waals surface area contributed by atoms with Crippen LogP contribution < -0.4 is 5.43 Å². The van der Waals surface area contributed by atoms with Crippen LogP contribution in [-0.4, -0.2) is 17.6 Å². The number of aromatic nitrogens is 1. The molecule has 0 aliphatic carbocycles. The van der Waals surface area contributed by atoms with E-state index in [1.807, 2.05) is 4.98 Å². The zero-order chi connectivity index (χ0) is 12.3. The summed E-state index contributed by atoms with van der Waals surface area (Å²) in [5, 5.41) is 0. The summed E-state index contributed by atoms with van der Waals surface area (Å²) in [5.74, 6) is -0.995. The molecule has 7 heteroatoms. The number of ether oxygens (including phenoxy) is 1. The van der Waals surface area contributed by atoms with E-state index in [-0.39, 0.29) is 6.61 Å². The number of hydrogen-bond donors (Lipinski definition) is 1. The van der Waals surface area contributed by atoms with Crippen molar-refractivity contribution in [1.82, 2.24) is 4.98 Å². The zero-order valence-electron chi connectivity index (χ0n) is 8.22. The lowest BCUT2D eigenvalue weighted by Crippen LogP contribution is -2.18. The molecule has 1 rings (SSSR count). The lowest BCUT2D eigenvalue weighted by atomic mass is 10.3. The topological polar surface area (TPSA) is 59.2 Å². The molecule has 0 saturated heterocycles. The number of pyridine rings is 1. The minimum Gasteiger partial charge on any atom is -0.461 e. The summed E-state index contributed by atoms with van der Waals surface area (Å²) >= 11 is 0. The number of carbonyl (C=O) groups is 1. The highest BCUT2D eigenvalue weighted by Gasteiger charge is 2.32. The van der Waals surface area contributed by atoms with Crippen molar-refractivity contribution in [3.63, 3.8) is 0 Å². The summed E-state index contributed by atoms with van der Waals surface area (Å²) in [6.07, 6.45) is -4.71. The second kappa shape index (κ2) is 4.38. The minimum absolute atomic E-state index is 0.0110. The maximum atomic E-state index is 12.3. The van der Waals surface area contributed by atoms with Gasteiger partial charge in [0.05, 0.1) is 6.61 Å². The highest BCUT2D eigenvalue weighted by molar-refractivity contribution is 5.87. The third kappa shape index (κ3) is 2.85. The molecule has 0 fully saturated rings. The number of carbonyl (C=O) groups excluding carboxylic acids is 1. The van der Waals surface area contributed by atoms with E-state index in [2.05, 4.69) is 4.74 Å². The average molecular weight is 235 g/mol. The van der Waals surface area contributed by atoms with Crippen LogP contribution in [-0.2, 0) is 10.9 Å². The highest BCUT2D eigenvalue weighted by atomic mass is 19.4. The fraction of sp³-hybridized carbons (Fsp3) is 0.333. The molecule has 0 unspecified atom stereocenters. The molecular formula is C9H8F3NO3. The van der Waals surface area contributed by atoms with E-state index in [1.54, 1.807) is 0 Å². The number of alkyl halides is 3. The molecule has 1 heterocycles. The van der Waals surface area contributed by atoms with Crippen molar-refractivity contribution in [3.8, 4) is 0 Å². The SMILES string of the molecule is CCOC(=O)c1cc(=O)cc(C(F)(F)F)[nH]1. The Morgan fingerprint density at radius 1 is 1.44 bits per heavy atom. The van der Waals surface area contributed by atoms with Crippen molar-refractivity contribution in [2.75, 3.05) is 6.61 Å². The first-order valence-corrected chi connectivity index (χ1v) is 4.33. The van der Waals surface area contributed by atoms with E-state index >= 15 is 0 Å². The zero-order valence-corrected chi connectivity index (χ0v) is 8.22. The van der Waals surface area contributed by atoms with Crippen LogP contribution in [0, 0.1) is 0 Å². The third-order valence-electron chi connectivity index (χ3n) is 1.64. The average Bonchev–Trinajstić information content (AvgIpc) is 2.16. The van der Waals surface area contributed by atoms with E-state index in [0.29, 0.717) is 6.07 Å². The second-order valence-corrected chi connectivity index (χ2v) is 2.86. The number of H-pyrrole nitrogens is 1. The van der Waals surface area contributed by atoms with Gasteiger partial charge in [-0.05, 0) is 6.92 Å². The fourth-order valence-electron chi connectivity index (χ4n) is 1.01. The smallest absolute Gasteiger partial charge is 0.431 e. The second-order valence-electron chi connectivity index (χ2n) is 2.86. The van der Waals surface area contributed by atoms with E-state index < -0.39 is 29.0 Å². The first kappa shape index (κ1) is 12.3. The van der Waals surface area contributed by atoms with Crippen LogP contribution in [0.5, 0.6) is 0 Å². The van der Waals surface area contributed by atoms with Gasteiger partial charge in [-0.3, -0.25) is 4.79 Å². The van der Waals surface area contributed by atoms with Gasteiger partial charge in [0.25, 0.3) is 0 Å². The van der Waals surface area contributed by atoms with Crippen LogP contribution in [0.25, 0.3) is 0 Å². The molecule has 0 atom stereocenters. The molecule has 0 aromatic carbocycles. The number of hydrogen-bond acceptors (Lipinski definition) is 3. The monoisotopic (exact) mass is 235 g/mol. The Labute approximate surface area is 88.0 Å².